The molecule has 2 aromatic carbocycles. The fraction of sp³-hybridized carbons (Fsp3) is 0.227. The Bertz CT molecular complexity index is 1020. The number of oxime groups is 1. The van der Waals surface area contributed by atoms with Gasteiger partial charge in [0.25, 0.3) is 5.91 Å². The number of carbonyl (C=O) groups excluding carboxylic acids is 1. The number of benzene rings is 2. The van der Waals surface area contributed by atoms with Gasteiger partial charge in [0.15, 0.2) is 11.5 Å². The molecule has 0 spiro atoms. The van der Waals surface area contributed by atoms with Gasteiger partial charge in [-0.05, 0) is 23.8 Å². The van der Waals surface area contributed by atoms with Crippen molar-refractivity contribution in [2.75, 3.05) is 18.5 Å². The van der Waals surface area contributed by atoms with Crippen LogP contribution in [0, 0.1) is 0 Å². The number of allylic oxidation sites excluding steroid dienone is 1. The number of hydrogen-bond acceptors (Lipinski definition) is 6. The molecule has 1 atom stereocenters. The minimum absolute atomic E-state index is 0.0407. The Morgan fingerprint density at radius 1 is 1.07 bits per heavy atom. The lowest BCUT2D eigenvalue weighted by Gasteiger charge is -2.24. The van der Waals surface area contributed by atoms with Crippen molar-refractivity contribution in [1.29, 1.82) is 0 Å². The number of nitrogens with zero attached hydrogens (tertiary/aromatic N) is 1. The molecule has 0 saturated heterocycles. The van der Waals surface area contributed by atoms with Crippen LogP contribution in [-0.4, -0.2) is 41.5 Å². The summed E-state index contributed by atoms with van der Waals surface area (Å²) in [6.07, 6.45) is 3.07. The van der Waals surface area contributed by atoms with Crippen molar-refractivity contribution in [1.82, 2.24) is 0 Å². The Balaban J connectivity index is 1.49. The quantitative estimate of drug-likeness (QED) is 0.761. The highest BCUT2D eigenvalue weighted by Gasteiger charge is 2.48. The fourth-order valence-electron chi connectivity index (χ4n) is 3.26. The fourth-order valence-corrected chi connectivity index (χ4v) is 3.26. The maximum absolute atomic E-state index is 13.0. The summed E-state index contributed by atoms with van der Waals surface area (Å²) < 4.78 is 11.0. The first kappa shape index (κ1) is 19.5. The largest absolute Gasteiger partial charge is 0.486 e. The van der Waals surface area contributed by atoms with Crippen molar-refractivity contribution in [3.8, 4) is 11.5 Å². The zero-order chi connectivity index (χ0) is 21.0. The van der Waals surface area contributed by atoms with Crippen molar-refractivity contribution in [3.63, 3.8) is 0 Å². The van der Waals surface area contributed by atoms with Crippen LogP contribution in [-0.2, 0) is 14.4 Å². The molecule has 2 N–H and O–H groups in total. The van der Waals surface area contributed by atoms with Crippen LogP contribution < -0.4 is 14.8 Å². The van der Waals surface area contributed by atoms with E-state index in [2.05, 4.69) is 10.5 Å². The molecule has 2 aromatic rings. The number of nitrogens with one attached hydrogen (secondary N) is 1. The van der Waals surface area contributed by atoms with Crippen LogP contribution in [0.3, 0.4) is 0 Å². The van der Waals surface area contributed by atoms with E-state index in [1.54, 1.807) is 24.3 Å². The molecule has 0 bridgehead atoms. The predicted molar refractivity (Wildman–Crippen MR) is 110 cm³/mol. The smallest absolute Gasteiger partial charge is 0.308 e. The maximum atomic E-state index is 13.0. The van der Waals surface area contributed by atoms with Gasteiger partial charge in [0, 0.05) is 18.2 Å². The van der Waals surface area contributed by atoms with Gasteiger partial charge in [0.05, 0.1) is 12.1 Å². The van der Waals surface area contributed by atoms with E-state index in [0.717, 1.165) is 5.56 Å². The van der Waals surface area contributed by atoms with E-state index < -0.39 is 23.9 Å². The summed E-state index contributed by atoms with van der Waals surface area (Å²) in [5.74, 6) is -0.640. The Hall–Kier alpha value is -3.81. The third-order valence-corrected chi connectivity index (χ3v) is 4.72. The molecule has 1 amide bonds. The van der Waals surface area contributed by atoms with Gasteiger partial charge in [0.1, 0.15) is 13.2 Å². The Kier molecular flexibility index (Phi) is 5.38. The number of aliphatic carboxylic acids is 1. The minimum Gasteiger partial charge on any atom is -0.486 e. The van der Waals surface area contributed by atoms with E-state index in [9.17, 15) is 14.7 Å². The molecule has 0 radical (unpaired) electrons. The van der Waals surface area contributed by atoms with Gasteiger partial charge >= 0.3 is 5.97 Å². The SMILES string of the molecule is O=C(O)CC1(C(=O)Nc2ccc3c(c2)OCCO3)CC(C=Cc2ccccc2)=NO1. The molecule has 0 fully saturated rings. The molecule has 30 heavy (non-hydrogen) atoms. The van der Waals surface area contributed by atoms with E-state index >= 15 is 0 Å². The van der Waals surface area contributed by atoms with Crippen LogP contribution in [0.1, 0.15) is 18.4 Å². The maximum Gasteiger partial charge on any atom is 0.308 e. The van der Waals surface area contributed by atoms with Gasteiger partial charge in [-0.15, -0.1) is 0 Å². The van der Waals surface area contributed by atoms with Crippen LogP contribution in [0.5, 0.6) is 11.5 Å². The molecule has 0 aliphatic carbocycles. The van der Waals surface area contributed by atoms with E-state index in [-0.39, 0.29) is 6.42 Å². The summed E-state index contributed by atoms with van der Waals surface area (Å²) in [6.45, 7) is 0.881. The van der Waals surface area contributed by atoms with Gasteiger partial charge in [-0.3, -0.25) is 9.59 Å². The number of carboxylic acids is 1. The molecule has 0 saturated carbocycles. The second kappa shape index (κ2) is 8.28. The molecule has 1 unspecified atom stereocenters. The van der Waals surface area contributed by atoms with Crippen LogP contribution >= 0.6 is 0 Å². The number of hydrogen-bond donors (Lipinski definition) is 2. The number of amides is 1. The lowest BCUT2D eigenvalue weighted by atomic mass is 9.92. The number of anilines is 1. The molecule has 4 rings (SSSR count). The zero-order valence-electron chi connectivity index (χ0n) is 16.0. The van der Waals surface area contributed by atoms with E-state index in [4.69, 9.17) is 14.3 Å². The highest BCUT2D eigenvalue weighted by Crippen LogP contribution is 2.34. The van der Waals surface area contributed by atoms with Crippen LogP contribution in [0.2, 0.25) is 0 Å². The standard InChI is InChI=1S/C22H20N2O6/c25-20(26)14-22(13-17(24-30-22)7-6-15-4-2-1-3-5-15)21(27)23-16-8-9-18-19(12-16)29-11-10-28-18/h1-9,12H,10-11,13-14H2,(H,23,27)(H,25,26). The monoisotopic (exact) mass is 408 g/mol. The van der Waals surface area contributed by atoms with Gasteiger partial charge in [-0.25, -0.2) is 0 Å². The summed E-state index contributed by atoms with van der Waals surface area (Å²) in [7, 11) is 0. The molecular formula is C22H20N2O6. The average Bonchev–Trinajstić information content (AvgIpc) is 3.16. The zero-order valence-corrected chi connectivity index (χ0v) is 16.0. The predicted octanol–water partition coefficient (Wildman–Crippen LogP) is 3.10. The molecular weight excluding hydrogens is 388 g/mol. The molecule has 0 aromatic heterocycles. The third-order valence-electron chi connectivity index (χ3n) is 4.72. The summed E-state index contributed by atoms with van der Waals surface area (Å²) in [6, 6.07) is 14.5. The average molecular weight is 408 g/mol. The third kappa shape index (κ3) is 4.27. The second-order valence-electron chi connectivity index (χ2n) is 6.97. The first-order valence-electron chi connectivity index (χ1n) is 9.45. The summed E-state index contributed by atoms with van der Waals surface area (Å²) >= 11 is 0. The second-order valence-corrected chi connectivity index (χ2v) is 6.97. The number of fused-ring (bicyclic) bond motifs is 1. The molecule has 8 heteroatoms. The van der Waals surface area contributed by atoms with Crippen molar-refractivity contribution in [2.24, 2.45) is 5.16 Å². The summed E-state index contributed by atoms with van der Waals surface area (Å²) in [5, 5.41) is 16.0. The van der Waals surface area contributed by atoms with E-state index in [1.165, 1.54) is 0 Å². The van der Waals surface area contributed by atoms with Crippen molar-refractivity contribution in [3.05, 3.63) is 60.2 Å². The number of carbonyl (C=O) groups is 2. The van der Waals surface area contributed by atoms with Crippen LogP contribution in [0.4, 0.5) is 5.69 Å². The van der Waals surface area contributed by atoms with E-state index in [1.807, 2.05) is 36.4 Å². The Morgan fingerprint density at radius 3 is 2.60 bits per heavy atom. The minimum atomic E-state index is -1.63. The van der Waals surface area contributed by atoms with Crippen molar-refractivity contribution >= 4 is 29.4 Å². The van der Waals surface area contributed by atoms with Gasteiger partial charge in [-0.1, -0.05) is 41.6 Å². The molecule has 8 nitrogen and oxygen atoms in total. The van der Waals surface area contributed by atoms with Gasteiger partial charge in [-0.2, -0.15) is 0 Å². The topological polar surface area (TPSA) is 106 Å². The van der Waals surface area contributed by atoms with Crippen molar-refractivity contribution < 1.29 is 29.0 Å². The molecule has 154 valence electrons. The molecule has 2 heterocycles. The van der Waals surface area contributed by atoms with Crippen LogP contribution in [0.25, 0.3) is 6.08 Å². The summed E-state index contributed by atoms with van der Waals surface area (Å²) in [4.78, 5) is 29.8. The highest BCUT2D eigenvalue weighted by atomic mass is 16.7. The van der Waals surface area contributed by atoms with Gasteiger partial charge < -0.3 is 24.7 Å². The normalized spacial score (nSPS) is 19.8. The van der Waals surface area contributed by atoms with Gasteiger partial charge in [0.2, 0.25) is 5.60 Å². The van der Waals surface area contributed by atoms with Crippen molar-refractivity contribution in [2.45, 2.75) is 18.4 Å². The number of carboxylic acid groups (broad SMARTS) is 1. The number of ether oxygens (including phenoxy) is 2. The highest BCUT2D eigenvalue weighted by molar-refractivity contribution is 6.08. The molecule has 2 aliphatic rings. The Labute approximate surface area is 172 Å². The number of rotatable bonds is 6. The first-order chi connectivity index (χ1) is 14.5. The molecule has 2 aliphatic heterocycles. The van der Waals surface area contributed by atoms with Crippen LogP contribution in [0.15, 0.2) is 59.8 Å². The summed E-state index contributed by atoms with van der Waals surface area (Å²) in [5.41, 5.74) is 0.259. The Morgan fingerprint density at radius 2 is 1.83 bits per heavy atom. The van der Waals surface area contributed by atoms with E-state index in [0.29, 0.717) is 36.1 Å². The lowest BCUT2D eigenvalue weighted by Crippen LogP contribution is -2.45. The first-order valence-corrected chi connectivity index (χ1v) is 9.45. The lowest BCUT2D eigenvalue weighted by molar-refractivity contribution is -0.152.